The van der Waals surface area contributed by atoms with Crippen molar-refractivity contribution >= 4 is 23.9 Å². The molecule has 2 atom stereocenters. The van der Waals surface area contributed by atoms with Gasteiger partial charge in [-0.25, -0.2) is 4.79 Å². The fraction of sp³-hybridized carbons (Fsp3) is 0.538. The first-order valence-corrected chi connectivity index (χ1v) is 11.6. The number of esters is 1. The Balaban J connectivity index is 3.17. The Hall–Kier alpha value is -3.54. The summed E-state index contributed by atoms with van der Waals surface area (Å²) in [6.45, 7) is 10.7. The number of benzene rings is 1. The maximum Gasteiger partial charge on any atom is 0.408 e. The summed E-state index contributed by atoms with van der Waals surface area (Å²) in [6, 6.07) is 4.71. The van der Waals surface area contributed by atoms with Gasteiger partial charge < -0.3 is 25.0 Å². The van der Waals surface area contributed by atoms with Crippen LogP contribution in [-0.2, 0) is 23.9 Å². The number of likely N-dealkylation sites (N-methyl/N-ethyl adjacent to an activating group) is 1. The second-order valence-corrected chi connectivity index (χ2v) is 9.33. The Labute approximate surface area is 207 Å². The minimum Gasteiger partial charge on any atom is -0.466 e. The van der Waals surface area contributed by atoms with Gasteiger partial charge in [-0.15, -0.1) is 6.42 Å². The lowest BCUT2D eigenvalue weighted by atomic mass is 9.99. The average molecular weight is 488 g/mol. The highest BCUT2D eigenvalue weighted by Gasteiger charge is 2.35. The molecule has 0 radical (unpaired) electrons. The molecule has 1 aromatic rings. The summed E-state index contributed by atoms with van der Waals surface area (Å²) in [5.74, 6) is 0.830. The zero-order chi connectivity index (χ0) is 26.8. The van der Waals surface area contributed by atoms with E-state index in [-0.39, 0.29) is 25.5 Å². The number of amides is 3. The second-order valence-electron chi connectivity index (χ2n) is 9.33. The molecule has 9 nitrogen and oxygen atoms in total. The third-order valence-electron chi connectivity index (χ3n) is 4.91. The predicted molar refractivity (Wildman–Crippen MR) is 132 cm³/mol. The predicted octanol–water partition coefficient (Wildman–Crippen LogP) is 2.79. The molecule has 0 aliphatic heterocycles. The summed E-state index contributed by atoms with van der Waals surface area (Å²) in [5, 5.41) is 5.31. The molecule has 0 heterocycles. The number of ether oxygens (including phenoxy) is 2. The molecule has 0 fully saturated rings. The van der Waals surface area contributed by atoms with Crippen molar-refractivity contribution in [2.24, 2.45) is 5.92 Å². The third kappa shape index (κ3) is 9.69. The standard InChI is InChI=1S/C26H37N3O6/c1-9-18-11-13-19(14-12-18)22(23(31)27-16-15-20(30)34-10-2)29(8)24(32)21(17(3)4)28-25(33)35-26(5,6)7/h1,11-14,17,21-22H,10,15-16H2,2-8H3,(H,27,31)(H,28,33). The summed E-state index contributed by atoms with van der Waals surface area (Å²) in [4.78, 5) is 51.9. The number of rotatable bonds is 10. The number of carbonyl (C=O) groups is 4. The molecule has 0 spiro atoms. The van der Waals surface area contributed by atoms with E-state index in [9.17, 15) is 19.2 Å². The fourth-order valence-corrected chi connectivity index (χ4v) is 3.22. The maximum atomic E-state index is 13.5. The van der Waals surface area contributed by atoms with Crippen LogP contribution in [-0.4, -0.2) is 60.6 Å². The molecular weight excluding hydrogens is 450 g/mol. The molecule has 1 rings (SSSR count). The molecule has 0 aliphatic carbocycles. The van der Waals surface area contributed by atoms with Crippen molar-refractivity contribution < 1.29 is 28.7 Å². The molecule has 2 unspecified atom stereocenters. The Kier molecular flexibility index (Phi) is 11.3. The van der Waals surface area contributed by atoms with Gasteiger partial charge in [0.1, 0.15) is 17.7 Å². The zero-order valence-electron chi connectivity index (χ0n) is 21.6. The van der Waals surface area contributed by atoms with Crippen LogP contribution in [0.4, 0.5) is 4.79 Å². The van der Waals surface area contributed by atoms with Crippen LogP contribution in [0.25, 0.3) is 0 Å². The number of alkyl carbamates (subject to hydrolysis) is 1. The number of hydrogen-bond donors (Lipinski definition) is 2. The van der Waals surface area contributed by atoms with Gasteiger partial charge in [0.2, 0.25) is 11.8 Å². The van der Waals surface area contributed by atoms with Crippen molar-refractivity contribution in [3.05, 3.63) is 35.4 Å². The van der Waals surface area contributed by atoms with Crippen molar-refractivity contribution in [1.29, 1.82) is 0 Å². The van der Waals surface area contributed by atoms with Gasteiger partial charge in [0.05, 0.1) is 13.0 Å². The van der Waals surface area contributed by atoms with Gasteiger partial charge in [0.25, 0.3) is 0 Å². The van der Waals surface area contributed by atoms with Gasteiger partial charge in [-0.1, -0.05) is 31.9 Å². The maximum absolute atomic E-state index is 13.5. The lowest BCUT2D eigenvalue weighted by Gasteiger charge is -2.33. The van der Waals surface area contributed by atoms with E-state index in [2.05, 4.69) is 16.6 Å². The van der Waals surface area contributed by atoms with Crippen LogP contribution < -0.4 is 10.6 Å². The molecule has 0 saturated carbocycles. The van der Waals surface area contributed by atoms with E-state index in [1.807, 2.05) is 0 Å². The van der Waals surface area contributed by atoms with Gasteiger partial charge >= 0.3 is 12.1 Å². The summed E-state index contributed by atoms with van der Waals surface area (Å²) in [6.07, 6.45) is 4.70. The molecule has 0 aromatic heterocycles. The van der Waals surface area contributed by atoms with Crippen LogP contribution in [0.2, 0.25) is 0 Å². The number of terminal acetylenes is 1. The van der Waals surface area contributed by atoms with E-state index in [1.165, 1.54) is 11.9 Å². The first-order chi connectivity index (χ1) is 16.3. The molecule has 1 aromatic carbocycles. The number of nitrogens with zero attached hydrogens (tertiary/aromatic N) is 1. The van der Waals surface area contributed by atoms with Gasteiger partial charge in [-0.3, -0.25) is 14.4 Å². The molecular formula is C26H37N3O6. The molecule has 0 aliphatic rings. The number of nitrogens with one attached hydrogen (secondary N) is 2. The highest BCUT2D eigenvalue weighted by atomic mass is 16.6. The minimum absolute atomic E-state index is 0.00515. The van der Waals surface area contributed by atoms with Crippen molar-refractivity contribution in [3.63, 3.8) is 0 Å². The number of hydrogen-bond acceptors (Lipinski definition) is 6. The number of carbonyl (C=O) groups excluding carboxylic acids is 4. The molecule has 2 N–H and O–H groups in total. The zero-order valence-corrected chi connectivity index (χ0v) is 21.6. The second kappa shape index (κ2) is 13.4. The van der Waals surface area contributed by atoms with E-state index in [0.29, 0.717) is 11.1 Å². The van der Waals surface area contributed by atoms with Crippen molar-refractivity contribution in [3.8, 4) is 12.3 Å². The normalized spacial score (nSPS) is 12.7. The molecule has 0 bridgehead atoms. The smallest absolute Gasteiger partial charge is 0.408 e. The Morgan fingerprint density at radius 3 is 2.20 bits per heavy atom. The largest absolute Gasteiger partial charge is 0.466 e. The van der Waals surface area contributed by atoms with E-state index in [0.717, 1.165) is 0 Å². The Morgan fingerprint density at radius 1 is 1.11 bits per heavy atom. The fourth-order valence-electron chi connectivity index (χ4n) is 3.22. The van der Waals surface area contributed by atoms with Crippen LogP contribution in [0.3, 0.4) is 0 Å². The molecule has 192 valence electrons. The summed E-state index contributed by atoms with van der Waals surface area (Å²) in [5.41, 5.74) is 0.407. The molecule has 9 heteroatoms. The summed E-state index contributed by atoms with van der Waals surface area (Å²) < 4.78 is 10.2. The Bertz CT molecular complexity index is 928. The summed E-state index contributed by atoms with van der Waals surface area (Å²) >= 11 is 0. The minimum atomic E-state index is -1.03. The first-order valence-electron chi connectivity index (χ1n) is 11.6. The monoisotopic (exact) mass is 487 g/mol. The SMILES string of the molecule is C#Cc1ccc(C(C(=O)NCCC(=O)OCC)N(C)C(=O)C(NC(=O)OC(C)(C)C)C(C)C)cc1. The van der Waals surface area contributed by atoms with E-state index >= 15 is 0 Å². The van der Waals surface area contributed by atoms with Gasteiger partial charge in [0.15, 0.2) is 0 Å². The van der Waals surface area contributed by atoms with Crippen LogP contribution >= 0.6 is 0 Å². The van der Waals surface area contributed by atoms with E-state index < -0.39 is 41.6 Å². The van der Waals surface area contributed by atoms with Crippen molar-refractivity contribution in [1.82, 2.24) is 15.5 Å². The average Bonchev–Trinajstić information content (AvgIpc) is 2.76. The molecule has 35 heavy (non-hydrogen) atoms. The molecule has 0 saturated heterocycles. The van der Waals surface area contributed by atoms with Crippen LogP contribution in [0.15, 0.2) is 24.3 Å². The topological polar surface area (TPSA) is 114 Å². The van der Waals surface area contributed by atoms with E-state index in [1.54, 1.807) is 65.8 Å². The third-order valence-corrected chi connectivity index (χ3v) is 4.91. The van der Waals surface area contributed by atoms with Crippen LogP contribution in [0.1, 0.15) is 65.1 Å². The van der Waals surface area contributed by atoms with Crippen molar-refractivity contribution in [2.75, 3.05) is 20.2 Å². The van der Waals surface area contributed by atoms with E-state index in [4.69, 9.17) is 15.9 Å². The quantitative estimate of drug-likeness (QED) is 0.388. The highest BCUT2D eigenvalue weighted by Crippen LogP contribution is 2.23. The highest BCUT2D eigenvalue weighted by molar-refractivity contribution is 5.92. The van der Waals surface area contributed by atoms with Gasteiger partial charge in [-0.2, -0.15) is 0 Å². The van der Waals surface area contributed by atoms with Gasteiger partial charge in [0, 0.05) is 19.2 Å². The lowest BCUT2D eigenvalue weighted by Crippen LogP contribution is -2.53. The summed E-state index contributed by atoms with van der Waals surface area (Å²) in [7, 11) is 1.49. The van der Waals surface area contributed by atoms with Crippen LogP contribution in [0.5, 0.6) is 0 Å². The molecule has 3 amide bonds. The Morgan fingerprint density at radius 2 is 1.71 bits per heavy atom. The van der Waals surface area contributed by atoms with Gasteiger partial charge in [-0.05, 0) is 51.3 Å². The lowest BCUT2D eigenvalue weighted by molar-refractivity contribution is -0.144. The first kappa shape index (κ1) is 29.5. The van der Waals surface area contributed by atoms with Crippen LogP contribution in [0, 0.1) is 18.3 Å². The van der Waals surface area contributed by atoms with Crippen molar-refractivity contribution in [2.45, 2.75) is 65.6 Å².